The number of amides is 1. The fourth-order valence-electron chi connectivity index (χ4n) is 3.64. The lowest BCUT2D eigenvalue weighted by Crippen LogP contribution is -2.54. The maximum Gasteiger partial charge on any atom is 0.251 e. The normalized spacial score (nSPS) is 14.3. The van der Waals surface area contributed by atoms with E-state index in [1.54, 1.807) is 26.1 Å². The second-order valence-corrected chi connectivity index (χ2v) is 10.8. The molecule has 1 saturated heterocycles. The predicted molar refractivity (Wildman–Crippen MR) is 124 cm³/mol. The minimum Gasteiger partial charge on any atom is -0.370 e. The molecule has 1 aliphatic heterocycles. The van der Waals surface area contributed by atoms with Gasteiger partial charge in [0.1, 0.15) is 11.6 Å². The first-order chi connectivity index (χ1) is 15.6. The fraction of sp³-hybridized carbons (Fsp3) is 0.273. The van der Waals surface area contributed by atoms with Crippen molar-refractivity contribution >= 4 is 38.1 Å². The summed E-state index contributed by atoms with van der Waals surface area (Å²) in [6.45, 7) is 2.57. The maximum atomic E-state index is 14.0. The summed E-state index contributed by atoms with van der Waals surface area (Å²) in [7, 11) is -0.726. The van der Waals surface area contributed by atoms with E-state index in [1.165, 1.54) is 11.9 Å². The first-order valence-electron chi connectivity index (χ1n) is 10.1. The number of anilines is 2. The average molecular weight is 493 g/mol. The van der Waals surface area contributed by atoms with Crippen molar-refractivity contribution in [2.24, 2.45) is 5.92 Å². The summed E-state index contributed by atoms with van der Waals surface area (Å²) in [5.74, 6) is -1.41. The van der Waals surface area contributed by atoms with E-state index >= 15 is 0 Å². The van der Waals surface area contributed by atoms with Gasteiger partial charge in [0, 0.05) is 31.4 Å². The second-order valence-electron chi connectivity index (χ2n) is 7.75. The molecule has 0 radical (unpaired) electrons. The number of sulfonamides is 1. The summed E-state index contributed by atoms with van der Waals surface area (Å²) >= 11 is 0.951. The lowest BCUT2D eigenvalue weighted by molar-refractivity contribution is -0.122. The van der Waals surface area contributed by atoms with E-state index < -0.39 is 21.7 Å². The quantitative estimate of drug-likeness (QED) is 0.570. The highest BCUT2D eigenvalue weighted by Gasteiger charge is 2.36. The molecule has 7 nitrogen and oxygen atoms in total. The molecule has 1 N–H and O–H groups in total. The van der Waals surface area contributed by atoms with E-state index in [0.29, 0.717) is 29.5 Å². The van der Waals surface area contributed by atoms with Crippen molar-refractivity contribution in [3.8, 4) is 11.1 Å². The van der Waals surface area contributed by atoms with Crippen molar-refractivity contribution in [2.45, 2.75) is 11.1 Å². The van der Waals surface area contributed by atoms with E-state index in [0.717, 1.165) is 35.2 Å². The number of nitrogens with zero attached hydrogens (tertiary/aromatic N) is 3. The first-order valence-corrected chi connectivity index (χ1v) is 12.4. The van der Waals surface area contributed by atoms with Crippen LogP contribution < -0.4 is 14.5 Å². The number of thiazole rings is 1. The Bertz CT molecular complexity index is 1300. The molecule has 1 aliphatic rings. The molecule has 2 heterocycles. The van der Waals surface area contributed by atoms with Crippen LogP contribution in [0.1, 0.15) is 5.69 Å². The third-order valence-corrected chi connectivity index (χ3v) is 8.83. The summed E-state index contributed by atoms with van der Waals surface area (Å²) in [6.07, 6.45) is 0. The number of hydrogen-bond acceptors (Lipinski definition) is 6. The molecule has 4 rings (SSSR count). The molecule has 0 aliphatic carbocycles. The number of nitrogens with one attached hydrogen (secondary N) is 1. The zero-order valence-electron chi connectivity index (χ0n) is 18.2. The summed E-state index contributed by atoms with van der Waals surface area (Å²) in [6, 6.07) is 10.4. The van der Waals surface area contributed by atoms with Crippen LogP contribution in [-0.4, -0.2) is 46.5 Å². The van der Waals surface area contributed by atoms with Crippen molar-refractivity contribution < 1.29 is 22.0 Å². The molecule has 33 heavy (non-hydrogen) atoms. The van der Waals surface area contributed by atoms with E-state index in [1.807, 2.05) is 17.0 Å². The molecule has 0 spiro atoms. The maximum absolute atomic E-state index is 14.0. The van der Waals surface area contributed by atoms with Gasteiger partial charge in [0.25, 0.3) is 10.0 Å². The number of hydrogen-bond donors (Lipinski definition) is 1. The number of carbonyl (C=O) groups excluding carboxylic acids is 1. The molecule has 2 aromatic carbocycles. The van der Waals surface area contributed by atoms with Crippen molar-refractivity contribution in [2.75, 3.05) is 37.0 Å². The smallest absolute Gasteiger partial charge is 0.251 e. The number of halogens is 2. The molecule has 1 fully saturated rings. The summed E-state index contributed by atoms with van der Waals surface area (Å²) < 4.78 is 54.0. The van der Waals surface area contributed by atoms with Crippen molar-refractivity contribution in [1.82, 2.24) is 9.71 Å². The third kappa shape index (κ3) is 4.48. The van der Waals surface area contributed by atoms with E-state index in [-0.39, 0.29) is 21.6 Å². The van der Waals surface area contributed by atoms with Crippen LogP contribution in [0.15, 0.2) is 46.7 Å². The Labute approximate surface area is 194 Å². The molecule has 0 bridgehead atoms. The van der Waals surface area contributed by atoms with Crippen molar-refractivity contribution in [3.63, 3.8) is 0 Å². The summed E-state index contributed by atoms with van der Waals surface area (Å²) in [4.78, 5) is 20.5. The predicted octanol–water partition coefficient (Wildman–Crippen LogP) is 3.40. The van der Waals surface area contributed by atoms with Crippen LogP contribution in [0.2, 0.25) is 0 Å². The van der Waals surface area contributed by atoms with Gasteiger partial charge in [-0.2, -0.15) is 0 Å². The van der Waals surface area contributed by atoms with Gasteiger partial charge in [-0.05, 0) is 49.9 Å². The van der Waals surface area contributed by atoms with Gasteiger partial charge in [0.2, 0.25) is 5.91 Å². The summed E-state index contributed by atoms with van der Waals surface area (Å²) in [5, 5.41) is 0.325. The van der Waals surface area contributed by atoms with Crippen molar-refractivity contribution in [1.29, 1.82) is 0 Å². The topological polar surface area (TPSA) is 82.6 Å². The van der Waals surface area contributed by atoms with Crippen molar-refractivity contribution in [3.05, 3.63) is 59.8 Å². The standard InChI is InChI=1S/C22H22F2N4O3S2/c1-13-21(33(30,31)25-2)32-22(26-13)27(3)20(29)15-11-28(12-15)17-7-4-14(5-8-17)18-10-16(23)6-9-19(18)24/h4-10,15,25H,11-12H2,1-3H3. The van der Waals surface area contributed by atoms with Crippen LogP contribution in [0.3, 0.4) is 0 Å². The molecule has 0 unspecified atom stereocenters. The highest BCUT2D eigenvalue weighted by molar-refractivity contribution is 7.91. The van der Waals surface area contributed by atoms with Gasteiger partial charge in [-0.15, -0.1) is 0 Å². The van der Waals surface area contributed by atoms with Crippen LogP contribution in [0.4, 0.5) is 19.6 Å². The minimum atomic E-state index is -3.64. The molecule has 11 heteroatoms. The van der Waals surface area contributed by atoms with Crippen LogP contribution in [0.25, 0.3) is 11.1 Å². The Hall–Kier alpha value is -2.89. The average Bonchev–Trinajstić information content (AvgIpc) is 3.17. The van der Waals surface area contributed by atoms with E-state index in [9.17, 15) is 22.0 Å². The Morgan fingerprint density at radius 2 is 1.85 bits per heavy atom. The van der Waals surface area contributed by atoms with Gasteiger partial charge in [-0.1, -0.05) is 23.5 Å². The zero-order valence-corrected chi connectivity index (χ0v) is 19.8. The molecule has 174 valence electrons. The van der Waals surface area contributed by atoms with E-state index in [4.69, 9.17) is 0 Å². The molecule has 3 aromatic rings. The molecule has 1 aromatic heterocycles. The van der Waals surface area contributed by atoms with Gasteiger partial charge in [0.05, 0.1) is 11.6 Å². The number of aryl methyl sites for hydroxylation is 1. The lowest BCUT2D eigenvalue weighted by atomic mass is 9.97. The Kier molecular flexibility index (Phi) is 6.21. The van der Waals surface area contributed by atoms with Gasteiger partial charge in [-0.3, -0.25) is 9.69 Å². The largest absolute Gasteiger partial charge is 0.370 e. The van der Waals surface area contributed by atoms with E-state index in [2.05, 4.69) is 9.71 Å². The molecular formula is C22H22F2N4O3S2. The van der Waals surface area contributed by atoms with Gasteiger partial charge >= 0.3 is 0 Å². The Balaban J connectivity index is 1.41. The first kappa shape index (κ1) is 23.3. The second kappa shape index (κ2) is 8.81. The summed E-state index contributed by atoms with van der Waals surface area (Å²) in [5.41, 5.74) is 1.97. The highest BCUT2D eigenvalue weighted by atomic mass is 32.2. The van der Waals surface area contributed by atoms with Crippen LogP contribution >= 0.6 is 11.3 Å². The van der Waals surface area contributed by atoms with Gasteiger partial charge in [0.15, 0.2) is 9.34 Å². The molecule has 1 amide bonds. The number of carbonyl (C=O) groups is 1. The third-order valence-electron chi connectivity index (χ3n) is 5.58. The lowest BCUT2D eigenvalue weighted by Gasteiger charge is -2.41. The Morgan fingerprint density at radius 3 is 2.48 bits per heavy atom. The van der Waals surface area contributed by atoms with Gasteiger partial charge in [-0.25, -0.2) is 26.9 Å². The Morgan fingerprint density at radius 1 is 1.18 bits per heavy atom. The van der Waals surface area contributed by atoms with Crippen LogP contribution in [-0.2, 0) is 14.8 Å². The highest BCUT2D eigenvalue weighted by Crippen LogP contribution is 2.33. The molecule has 0 saturated carbocycles. The molecular weight excluding hydrogens is 470 g/mol. The minimum absolute atomic E-state index is 0.0877. The van der Waals surface area contributed by atoms with Crippen LogP contribution in [0, 0.1) is 24.5 Å². The van der Waals surface area contributed by atoms with Gasteiger partial charge < -0.3 is 4.90 Å². The fourth-order valence-corrected chi connectivity index (χ4v) is 5.94. The zero-order chi connectivity index (χ0) is 23.9. The molecule has 0 atom stereocenters. The SMILES string of the molecule is CNS(=O)(=O)c1sc(N(C)C(=O)C2CN(c3ccc(-c4cc(F)ccc4F)cc3)C2)nc1C. The number of benzene rings is 2. The number of rotatable bonds is 6. The number of aromatic nitrogens is 1. The van der Waals surface area contributed by atoms with Crippen LogP contribution in [0.5, 0.6) is 0 Å². The monoisotopic (exact) mass is 492 g/mol.